The van der Waals surface area contributed by atoms with Crippen LogP contribution in [0.4, 0.5) is 0 Å². The normalized spacial score (nSPS) is 18.2. The molecule has 3 unspecified atom stereocenters. The fourth-order valence-electron chi connectivity index (χ4n) is 6.22. The second-order valence-electron chi connectivity index (χ2n) is 10.7. The smallest absolute Gasteiger partial charge is 0.163 e. The molecule has 2 rings (SSSR count). The Morgan fingerprint density at radius 2 is 1.78 bits per heavy atom. The van der Waals surface area contributed by atoms with Gasteiger partial charge in [-0.15, -0.1) is 0 Å². The van der Waals surface area contributed by atoms with E-state index in [1.54, 1.807) is 0 Å². The lowest BCUT2D eigenvalue weighted by Gasteiger charge is -2.33. The minimum atomic E-state index is -0.0747. The Morgan fingerprint density at radius 1 is 1.09 bits per heavy atom. The highest BCUT2D eigenvalue weighted by atomic mass is 16.1. The van der Waals surface area contributed by atoms with Gasteiger partial charge in [-0.3, -0.25) is 14.4 Å². The lowest BCUT2D eigenvalue weighted by atomic mass is 9.70. The zero-order chi connectivity index (χ0) is 24.1. The van der Waals surface area contributed by atoms with Crippen molar-refractivity contribution in [1.82, 2.24) is 0 Å². The van der Waals surface area contributed by atoms with Gasteiger partial charge in [0.25, 0.3) is 0 Å². The van der Waals surface area contributed by atoms with Crippen molar-refractivity contribution in [2.75, 3.05) is 0 Å². The Labute approximate surface area is 195 Å². The molecule has 1 aliphatic carbocycles. The highest BCUT2D eigenvalue weighted by Crippen LogP contribution is 2.39. The monoisotopic (exact) mass is 440 g/mol. The second kappa shape index (κ2) is 11.4. The van der Waals surface area contributed by atoms with Crippen LogP contribution in [0.1, 0.15) is 120 Å². The third-order valence-electron chi connectivity index (χ3n) is 7.56. The second-order valence-corrected chi connectivity index (χ2v) is 10.7. The minimum absolute atomic E-state index is 0.0423. The highest BCUT2D eigenvalue weighted by Gasteiger charge is 2.34. The Balaban J connectivity index is 2.26. The van der Waals surface area contributed by atoms with Gasteiger partial charge in [0.05, 0.1) is 6.42 Å². The molecule has 3 atom stereocenters. The van der Waals surface area contributed by atoms with Crippen molar-refractivity contribution in [3.63, 3.8) is 0 Å². The highest BCUT2D eigenvalue weighted by molar-refractivity contribution is 6.00. The topological polar surface area (TPSA) is 51.2 Å². The Bertz CT molecular complexity index is 833. The summed E-state index contributed by atoms with van der Waals surface area (Å²) in [6.07, 6.45) is 7.40. The SMILES string of the molecule is CCCC(CC1CC(=O)c2c(ccc(C(C)(C)CCC)c2C)C1)C(CC)C(=O)CC(C)=O. The van der Waals surface area contributed by atoms with Gasteiger partial charge in [0.1, 0.15) is 11.6 Å². The van der Waals surface area contributed by atoms with Crippen molar-refractivity contribution in [3.8, 4) is 0 Å². The van der Waals surface area contributed by atoms with E-state index in [0.717, 1.165) is 56.1 Å². The molecular weight excluding hydrogens is 396 g/mol. The number of benzene rings is 1. The van der Waals surface area contributed by atoms with Crippen LogP contribution in [-0.2, 0) is 21.4 Å². The molecule has 0 spiro atoms. The molecule has 1 aromatic carbocycles. The summed E-state index contributed by atoms with van der Waals surface area (Å²) in [5.74, 6) is 0.748. The van der Waals surface area contributed by atoms with E-state index in [2.05, 4.69) is 53.7 Å². The summed E-state index contributed by atoms with van der Waals surface area (Å²) in [7, 11) is 0. The summed E-state index contributed by atoms with van der Waals surface area (Å²) in [6, 6.07) is 4.43. The summed E-state index contributed by atoms with van der Waals surface area (Å²) >= 11 is 0. The molecule has 0 radical (unpaired) electrons. The van der Waals surface area contributed by atoms with Gasteiger partial charge in [-0.2, -0.15) is 0 Å². The lowest BCUT2D eigenvalue weighted by molar-refractivity contribution is -0.129. The standard InChI is InChI=1S/C29H44O3/c1-8-11-22(24(10-3)26(31)15-19(4)30)16-21-17-23-12-13-25(29(6,7)14-9-2)20(5)28(23)27(32)18-21/h12-13,21-22,24H,8-11,14-18H2,1-7H3. The predicted molar refractivity (Wildman–Crippen MR) is 132 cm³/mol. The number of hydrogen-bond acceptors (Lipinski definition) is 3. The Kier molecular flexibility index (Phi) is 9.42. The van der Waals surface area contributed by atoms with E-state index in [1.807, 2.05) is 0 Å². The average molecular weight is 441 g/mol. The third kappa shape index (κ3) is 6.17. The molecule has 0 amide bonds. The Morgan fingerprint density at radius 3 is 2.34 bits per heavy atom. The average Bonchev–Trinajstić information content (AvgIpc) is 2.67. The molecule has 0 aliphatic heterocycles. The summed E-state index contributed by atoms with van der Waals surface area (Å²) in [4.78, 5) is 37.6. The zero-order valence-electron chi connectivity index (χ0n) is 21.5. The molecule has 0 heterocycles. The van der Waals surface area contributed by atoms with Crippen molar-refractivity contribution in [2.45, 2.75) is 112 Å². The van der Waals surface area contributed by atoms with Gasteiger partial charge in [0.2, 0.25) is 0 Å². The number of ketones is 3. The molecule has 3 heteroatoms. The molecule has 0 aromatic heterocycles. The number of fused-ring (bicyclic) bond motifs is 1. The van der Waals surface area contributed by atoms with E-state index < -0.39 is 0 Å². The van der Waals surface area contributed by atoms with Crippen LogP contribution in [-0.4, -0.2) is 17.3 Å². The van der Waals surface area contributed by atoms with Gasteiger partial charge in [-0.1, -0.05) is 66.0 Å². The van der Waals surface area contributed by atoms with Gasteiger partial charge in [-0.25, -0.2) is 0 Å². The quantitative estimate of drug-likeness (QED) is 0.323. The maximum Gasteiger partial charge on any atom is 0.163 e. The van der Waals surface area contributed by atoms with Crippen molar-refractivity contribution in [3.05, 3.63) is 34.4 Å². The van der Waals surface area contributed by atoms with Gasteiger partial charge in [0.15, 0.2) is 5.78 Å². The number of Topliss-reactive ketones (excluding diaryl/α,β-unsaturated/α-hetero) is 3. The molecule has 0 saturated heterocycles. The molecule has 1 aromatic rings. The molecule has 0 bridgehead atoms. The number of carbonyl (C=O) groups excluding carboxylic acids is 3. The molecule has 1 aliphatic rings. The number of rotatable bonds is 12. The van der Waals surface area contributed by atoms with Crippen LogP contribution in [0.5, 0.6) is 0 Å². The van der Waals surface area contributed by atoms with Crippen LogP contribution < -0.4 is 0 Å². The van der Waals surface area contributed by atoms with E-state index in [-0.39, 0.29) is 46.9 Å². The van der Waals surface area contributed by atoms with E-state index >= 15 is 0 Å². The fraction of sp³-hybridized carbons (Fsp3) is 0.690. The van der Waals surface area contributed by atoms with E-state index in [1.165, 1.54) is 18.1 Å². The maximum absolute atomic E-state index is 13.3. The van der Waals surface area contributed by atoms with E-state index in [4.69, 9.17) is 0 Å². The summed E-state index contributed by atoms with van der Waals surface area (Å²) in [5.41, 5.74) is 4.67. The minimum Gasteiger partial charge on any atom is -0.300 e. The first-order valence-electron chi connectivity index (χ1n) is 12.7. The summed E-state index contributed by atoms with van der Waals surface area (Å²) in [6.45, 7) is 14.6. The molecular formula is C29H44O3. The largest absolute Gasteiger partial charge is 0.300 e. The van der Waals surface area contributed by atoms with Crippen LogP contribution in [0.25, 0.3) is 0 Å². The molecule has 0 fully saturated rings. The van der Waals surface area contributed by atoms with Crippen molar-refractivity contribution < 1.29 is 14.4 Å². The van der Waals surface area contributed by atoms with Crippen molar-refractivity contribution in [1.29, 1.82) is 0 Å². The van der Waals surface area contributed by atoms with Gasteiger partial charge in [0, 0.05) is 17.9 Å². The van der Waals surface area contributed by atoms with Crippen LogP contribution in [0.15, 0.2) is 12.1 Å². The molecule has 32 heavy (non-hydrogen) atoms. The van der Waals surface area contributed by atoms with E-state index in [0.29, 0.717) is 6.42 Å². The summed E-state index contributed by atoms with van der Waals surface area (Å²) in [5, 5.41) is 0. The number of hydrogen-bond donors (Lipinski definition) is 0. The Hall–Kier alpha value is -1.77. The van der Waals surface area contributed by atoms with Gasteiger partial charge >= 0.3 is 0 Å². The molecule has 178 valence electrons. The van der Waals surface area contributed by atoms with Crippen molar-refractivity contribution in [2.24, 2.45) is 17.8 Å². The zero-order valence-corrected chi connectivity index (χ0v) is 21.5. The van der Waals surface area contributed by atoms with Crippen LogP contribution in [0.3, 0.4) is 0 Å². The van der Waals surface area contributed by atoms with Crippen LogP contribution >= 0.6 is 0 Å². The molecule has 3 nitrogen and oxygen atoms in total. The van der Waals surface area contributed by atoms with Crippen LogP contribution in [0, 0.1) is 24.7 Å². The van der Waals surface area contributed by atoms with Gasteiger partial charge in [-0.05, 0) is 73.5 Å². The number of carbonyl (C=O) groups is 3. The maximum atomic E-state index is 13.3. The first kappa shape index (κ1) is 26.5. The predicted octanol–water partition coefficient (Wildman–Crippen LogP) is 7.20. The third-order valence-corrected chi connectivity index (χ3v) is 7.56. The molecule has 0 N–H and O–H groups in total. The van der Waals surface area contributed by atoms with Crippen LogP contribution in [0.2, 0.25) is 0 Å². The molecule has 0 saturated carbocycles. The first-order chi connectivity index (χ1) is 15.0. The summed E-state index contributed by atoms with van der Waals surface area (Å²) < 4.78 is 0. The fourth-order valence-corrected chi connectivity index (χ4v) is 6.22. The van der Waals surface area contributed by atoms with Gasteiger partial charge < -0.3 is 0 Å². The lowest BCUT2D eigenvalue weighted by Crippen LogP contribution is -2.30. The first-order valence-corrected chi connectivity index (χ1v) is 12.7. The van der Waals surface area contributed by atoms with E-state index in [9.17, 15) is 14.4 Å². The van der Waals surface area contributed by atoms with Crippen molar-refractivity contribution >= 4 is 17.3 Å².